The Morgan fingerprint density at radius 2 is 1.15 bits per heavy atom. The summed E-state index contributed by atoms with van der Waals surface area (Å²) in [5.41, 5.74) is 0. The zero-order chi connectivity index (χ0) is 15.3. The molecule has 0 heterocycles. The first kappa shape index (κ1) is 19.9. The smallest absolute Gasteiger partial charge is 0.165 e. The lowest BCUT2D eigenvalue weighted by Crippen LogP contribution is -2.37. The normalized spacial score (nSPS) is 13.7. The zero-order valence-electron chi connectivity index (χ0n) is 14.2. The van der Waals surface area contributed by atoms with E-state index in [4.69, 9.17) is 0 Å². The second-order valence-corrected chi connectivity index (χ2v) is 6.38. The van der Waals surface area contributed by atoms with Crippen molar-refractivity contribution in [3.8, 4) is 0 Å². The van der Waals surface area contributed by atoms with Crippen molar-refractivity contribution in [1.82, 2.24) is 0 Å². The molecular weight excluding hydrogens is 248 g/mol. The first-order valence-electron chi connectivity index (χ1n) is 9.03. The van der Waals surface area contributed by atoms with Crippen molar-refractivity contribution in [2.45, 2.75) is 110 Å². The van der Waals surface area contributed by atoms with Crippen molar-refractivity contribution in [2.24, 2.45) is 5.92 Å². The van der Waals surface area contributed by atoms with Crippen molar-refractivity contribution >= 4 is 0 Å². The van der Waals surface area contributed by atoms with Crippen molar-refractivity contribution < 1.29 is 10.2 Å². The third-order valence-corrected chi connectivity index (χ3v) is 4.36. The molecule has 1 unspecified atom stereocenters. The van der Waals surface area contributed by atoms with Gasteiger partial charge in [0.1, 0.15) is 0 Å². The fourth-order valence-corrected chi connectivity index (χ4v) is 2.89. The molecule has 0 bridgehead atoms. The van der Waals surface area contributed by atoms with Crippen LogP contribution < -0.4 is 0 Å². The van der Waals surface area contributed by atoms with Crippen LogP contribution in [0.4, 0.5) is 0 Å². The Kier molecular flexibility index (Phi) is 12.6. The van der Waals surface area contributed by atoms with E-state index in [1.165, 1.54) is 32.1 Å². The maximum Gasteiger partial charge on any atom is 0.165 e. The highest BCUT2D eigenvalue weighted by Gasteiger charge is 2.32. The number of hydrogen-bond acceptors (Lipinski definition) is 2. The molecule has 2 N–H and O–H groups in total. The molecule has 0 aromatic heterocycles. The molecule has 0 amide bonds. The minimum atomic E-state index is -1.44. The maximum atomic E-state index is 10.4. The van der Waals surface area contributed by atoms with Crippen LogP contribution in [0.5, 0.6) is 0 Å². The SMILES string of the molecule is CCCCCCC(CCCC)C(O)(O)CCCCCC. The first-order valence-corrected chi connectivity index (χ1v) is 9.03. The zero-order valence-corrected chi connectivity index (χ0v) is 14.2. The van der Waals surface area contributed by atoms with Crippen LogP contribution in [0.15, 0.2) is 0 Å². The van der Waals surface area contributed by atoms with Gasteiger partial charge in [-0.15, -0.1) is 0 Å². The van der Waals surface area contributed by atoms with Crippen LogP contribution in [0, 0.1) is 5.92 Å². The van der Waals surface area contributed by atoms with Crippen molar-refractivity contribution in [1.29, 1.82) is 0 Å². The van der Waals surface area contributed by atoms with E-state index < -0.39 is 5.79 Å². The lowest BCUT2D eigenvalue weighted by Gasteiger charge is -2.32. The number of unbranched alkanes of at least 4 members (excludes halogenated alkanes) is 7. The largest absolute Gasteiger partial charge is 0.365 e. The Morgan fingerprint density at radius 1 is 0.650 bits per heavy atom. The van der Waals surface area contributed by atoms with Gasteiger partial charge in [-0.3, -0.25) is 0 Å². The van der Waals surface area contributed by atoms with Gasteiger partial charge in [0.05, 0.1) is 0 Å². The highest BCUT2D eigenvalue weighted by molar-refractivity contribution is 4.76. The summed E-state index contributed by atoms with van der Waals surface area (Å²) in [6.45, 7) is 6.57. The quantitative estimate of drug-likeness (QED) is 0.331. The topological polar surface area (TPSA) is 40.5 Å². The molecule has 0 aliphatic carbocycles. The summed E-state index contributed by atoms with van der Waals surface area (Å²) in [6.07, 6.45) is 14.1. The Balaban J connectivity index is 4.17. The van der Waals surface area contributed by atoms with Gasteiger partial charge < -0.3 is 10.2 Å². The fourth-order valence-electron chi connectivity index (χ4n) is 2.89. The van der Waals surface area contributed by atoms with Gasteiger partial charge in [-0.25, -0.2) is 0 Å². The molecule has 0 aliphatic heterocycles. The molecule has 0 aromatic carbocycles. The van der Waals surface area contributed by atoms with E-state index in [9.17, 15) is 10.2 Å². The molecule has 0 saturated heterocycles. The van der Waals surface area contributed by atoms with Crippen LogP contribution in [0.1, 0.15) is 104 Å². The van der Waals surface area contributed by atoms with Crippen molar-refractivity contribution in [3.63, 3.8) is 0 Å². The van der Waals surface area contributed by atoms with Gasteiger partial charge in [0, 0.05) is 12.3 Å². The molecule has 1 atom stereocenters. The molecule has 0 aromatic rings. The third kappa shape index (κ3) is 9.77. The summed E-state index contributed by atoms with van der Waals surface area (Å²) in [6, 6.07) is 0. The molecule has 122 valence electrons. The van der Waals surface area contributed by atoms with Crippen LogP contribution in [0.25, 0.3) is 0 Å². The van der Waals surface area contributed by atoms with Crippen molar-refractivity contribution in [3.05, 3.63) is 0 Å². The second-order valence-electron chi connectivity index (χ2n) is 6.38. The highest BCUT2D eigenvalue weighted by Crippen LogP contribution is 2.30. The summed E-state index contributed by atoms with van der Waals surface area (Å²) < 4.78 is 0. The van der Waals surface area contributed by atoms with Crippen LogP contribution in [-0.4, -0.2) is 16.0 Å². The summed E-state index contributed by atoms with van der Waals surface area (Å²) in [4.78, 5) is 0. The summed E-state index contributed by atoms with van der Waals surface area (Å²) in [5.74, 6) is -1.37. The summed E-state index contributed by atoms with van der Waals surface area (Å²) in [5, 5.41) is 20.8. The second kappa shape index (κ2) is 12.6. The van der Waals surface area contributed by atoms with Crippen LogP contribution >= 0.6 is 0 Å². The van der Waals surface area contributed by atoms with Crippen LogP contribution in [-0.2, 0) is 0 Å². The Bertz CT molecular complexity index is 202. The highest BCUT2D eigenvalue weighted by atomic mass is 16.5. The van der Waals surface area contributed by atoms with Gasteiger partial charge in [0.25, 0.3) is 0 Å². The van der Waals surface area contributed by atoms with Gasteiger partial charge in [-0.05, 0) is 19.3 Å². The molecule has 0 spiro atoms. The van der Waals surface area contributed by atoms with E-state index in [1.807, 2.05) is 0 Å². The molecule has 2 nitrogen and oxygen atoms in total. The van der Waals surface area contributed by atoms with E-state index in [0.29, 0.717) is 6.42 Å². The van der Waals surface area contributed by atoms with Gasteiger partial charge in [0.2, 0.25) is 0 Å². The van der Waals surface area contributed by atoms with E-state index >= 15 is 0 Å². The number of aliphatic hydroxyl groups is 2. The van der Waals surface area contributed by atoms with E-state index in [2.05, 4.69) is 20.8 Å². The number of hydrogen-bond donors (Lipinski definition) is 2. The fraction of sp³-hybridized carbons (Fsp3) is 1.00. The van der Waals surface area contributed by atoms with E-state index in [0.717, 1.165) is 44.9 Å². The molecule has 0 fully saturated rings. The molecule has 0 radical (unpaired) electrons. The van der Waals surface area contributed by atoms with Crippen LogP contribution in [0.2, 0.25) is 0 Å². The van der Waals surface area contributed by atoms with Crippen molar-refractivity contribution in [2.75, 3.05) is 0 Å². The van der Waals surface area contributed by atoms with Gasteiger partial charge in [-0.1, -0.05) is 78.6 Å². The monoisotopic (exact) mass is 286 g/mol. The molecule has 0 saturated carbocycles. The third-order valence-electron chi connectivity index (χ3n) is 4.36. The molecule has 0 rings (SSSR count). The average molecular weight is 286 g/mol. The summed E-state index contributed by atoms with van der Waals surface area (Å²) >= 11 is 0. The number of rotatable bonds is 14. The predicted octanol–water partition coefficient (Wildman–Crippen LogP) is 5.41. The van der Waals surface area contributed by atoms with Crippen LogP contribution in [0.3, 0.4) is 0 Å². The molecule has 20 heavy (non-hydrogen) atoms. The lowest BCUT2D eigenvalue weighted by atomic mass is 9.85. The minimum Gasteiger partial charge on any atom is -0.365 e. The maximum absolute atomic E-state index is 10.4. The van der Waals surface area contributed by atoms with Gasteiger partial charge in [0.15, 0.2) is 5.79 Å². The first-order chi connectivity index (χ1) is 9.58. The molecular formula is C18H38O2. The summed E-state index contributed by atoms with van der Waals surface area (Å²) in [7, 11) is 0. The Morgan fingerprint density at radius 3 is 1.70 bits per heavy atom. The van der Waals surface area contributed by atoms with Gasteiger partial charge in [-0.2, -0.15) is 0 Å². The average Bonchev–Trinajstić information content (AvgIpc) is 2.42. The predicted molar refractivity (Wildman–Crippen MR) is 87.7 cm³/mol. The molecule has 2 heteroatoms. The lowest BCUT2D eigenvalue weighted by molar-refractivity contribution is -0.209. The van der Waals surface area contributed by atoms with E-state index in [-0.39, 0.29) is 5.92 Å². The standard InChI is InChI=1S/C18H38O2/c1-4-7-10-12-15-17(14-9-6-3)18(19,20)16-13-11-8-5-2/h17,19-20H,4-16H2,1-3H3. The minimum absolute atomic E-state index is 0.0703. The Hall–Kier alpha value is -0.0800. The molecule has 0 aliphatic rings. The van der Waals surface area contributed by atoms with E-state index in [1.54, 1.807) is 0 Å². The Labute approximate surface area is 127 Å². The van der Waals surface area contributed by atoms with Gasteiger partial charge >= 0.3 is 0 Å².